The normalized spacial score (nSPS) is 10.4. The first-order chi connectivity index (χ1) is 6.84. The third-order valence-corrected chi connectivity index (χ3v) is 2.80. The minimum Gasteiger partial charge on any atom is -0.250 e. The number of halogens is 1. The number of aromatic nitrogens is 2. The average molecular weight is 225 g/mol. The van der Waals surface area contributed by atoms with Gasteiger partial charge in [0.2, 0.25) is 0 Å². The summed E-state index contributed by atoms with van der Waals surface area (Å²) < 4.78 is 0. The van der Waals surface area contributed by atoms with Gasteiger partial charge in [0.25, 0.3) is 0 Å². The summed E-state index contributed by atoms with van der Waals surface area (Å²) in [6, 6.07) is 3.82. The number of nitrogens with zero attached hydrogens (tertiary/aromatic N) is 2. The Bertz CT molecular complexity index is 383. The maximum absolute atomic E-state index is 5.69. The SMILES string of the molecule is Clc1ccc(CCc2cscn2)cn1. The Hall–Kier alpha value is -0.930. The largest absolute Gasteiger partial charge is 0.250 e. The summed E-state index contributed by atoms with van der Waals surface area (Å²) in [5.41, 5.74) is 4.20. The molecule has 2 aromatic heterocycles. The summed E-state index contributed by atoms with van der Waals surface area (Å²) >= 11 is 7.32. The van der Waals surface area contributed by atoms with Crippen molar-refractivity contribution >= 4 is 22.9 Å². The van der Waals surface area contributed by atoms with Crippen LogP contribution in [0.15, 0.2) is 29.2 Å². The quantitative estimate of drug-likeness (QED) is 0.750. The van der Waals surface area contributed by atoms with Crippen molar-refractivity contribution in [2.75, 3.05) is 0 Å². The first kappa shape index (κ1) is 9.62. The Morgan fingerprint density at radius 2 is 2.14 bits per heavy atom. The molecule has 14 heavy (non-hydrogen) atoms. The molecule has 2 nitrogen and oxygen atoms in total. The smallest absolute Gasteiger partial charge is 0.129 e. The summed E-state index contributed by atoms with van der Waals surface area (Å²) in [4.78, 5) is 8.25. The van der Waals surface area contributed by atoms with Gasteiger partial charge in [-0.2, -0.15) is 0 Å². The molecule has 0 aliphatic heterocycles. The Labute approximate surface area is 91.6 Å². The Kier molecular flexibility index (Phi) is 3.11. The van der Waals surface area contributed by atoms with Gasteiger partial charge in [0.05, 0.1) is 11.2 Å². The lowest BCUT2D eigenvalue weighted by Gasteiger charge is -1.98. The lowest BCUT2D eigenvalue weighted by molar-refractivity contribution is 0.918. The molecule has 0 radical (unpaired) electrons. The Balaban J connectivity index is 1.95. The van der Waals surface area contributed by atoms with Crippen LogP contribution >= 0.6 is 22.9 Å². The fraction of sp³-hybridized carbons (Fsp3) is 0.200. The Morgan fingerprint density at radius 1 is 1.21 bits per heavy atom. The molecule has 2 aromatic rings. The highest BCUT2D eigenvalue weighted by molar-refractivity contribution is 7.07. The van der Waals surface area contributed by atoms with E-state index in [4.69, 9.17) is 11.6 Å². The molecule has 0 aliphatic rings. The van der Waals surface area contributed by atoms with Crippen molar-refractivity contribution in [3.05, 3.63) is 45.6 Å². The Morgan fingerprint density at radius 3 is 2.79 bits per heavy atom. The second-order valence-electron chi connectivity index (χ2n) is 2.97. The predicted molar refractivity (Wildman–Crippen MR) is 58.8 cm³/mol. The molecule has 4 heteroatoms. The molecule has 72 valence electrons. The number of aryl methyl sites for hydroxylation is 2. The van der Waals surface area contributed by atoms with Crippen LogP contribution in [0.1, 0.15) is 11.3 Å². The van der Waals surface area contributed by atoms with E-state index in [1.54, 1.807) is 11.3 Å². The molecule has 0 atom stereocenters. The van der Waals surface area contributed by atoms with Gasteiger partial charge in [-0.25, -0.2) is 9.97 Å². The number of pyridine rings is 1. The van der Waals surface area contributed by atoms with E-state index in [1.165, 1.54) is 5.56 Å². The third-order valence-electron chi connectivity index (χ3n) is 1.94. The van der Waals surface area contributed by atoms with Crippen LogP contribution in [0.4, 0.5) is 0 Å². The van der Waals surface area contributed by atoms with Crippen LogP contribution in [0.2, 0.25) is 5.15 Å². The molecule has 2 heterocycles. The molecule has 0 N–H and O–H groups in total. The maximum Gasteiger partial charge on any atom is 0.129 e. The number of hydrogen-bond acceptors (Lipinski definition) is 3. The van der Waals surface area contributed by atoms with Gasteiger partial charge in [0, 0.05) is 11.6 Å². The molecule has 0 fully saturated rings. The highest BCUT2D eigenvalue weighted by atomic mass is 35.5. The zero-order chi connectivity index (χ0) is 9.80. The second kappa shape index (κ2) is 4.53. The topological polar surface area (TPSA) is 25.8 Å². The van der Waals surface area contributed by atoms with Crippen molar-refractivity contribution in [3.63, 3.8) is 0 Å². The molecule has 0 aliphatic carbocycles. The maximum atomic E-state index is 5.69. The van der Waals surface area contributed by atoms with E-state index in [0.717, 1.165) is 18.5 Å². The van der Waals surface area contributed by atoms with Gasteiger partial charge < -0.3 is 0 Å². The van der Waals surface area contributed by atoms with Crippen LogP contribution in [-0.2, 0) is 12.8 Å². The van der Waals surface area contributed by atoms with Crippen LogP contribution in [0.3, 0.4) is 0 Å². The zero-order valence-electron chi connectivity index (χ0n) is 7.48. The zero-order valence-corrected chi connectivity index (χ0v) is 9.05. The number of hydrogen-bond donors (Lipinski definition) is 0. The molecule has 0 bridgehead atoms. The standard InChI is InChI=1S/C10H9ClN2S/c11-10-4-2-8(5-12-10)1-3-9-6-14-7-13-9/h2,4-7H,1,3H2. The minimum atomic E-state index is 0.544. The number of thiazole rings is 1. The van der Waals surface area contributed by atoms with Gasteiger partial charge >= 0.3 is 0 Å². The predicted octanol–water partition coefficient (Wildman–Crippen LogP) is 2.98. The first-order valence-corrected chi connectivity index (χ1v) is 5.64. The summed E-state index contributed by atoms with van der Waals surface area (Å²) in [5.74, 6) is 0. The summed E-state index contributed by atoms with van der Waals surface area (Å²) in [6.07, 6.45) is 3.75. The highest BCUT2D eigenvalue weighted by Crippen LogP contribution is 2.09. The van der Waals surface area contributed by atoms with E-state index < -0.39 is 0 Å². The van der Waals surface area contributed by atoms with E-state index in [0.29, 0.717) is 5.15 Å². The van der Waals surface area contributed by atoms with Crippen molar-refractivity contribution in [3.8, 4) is 0 Å². The molecule has 0 unspecified atom stereocenters. The van der Waals surface area contributed by atoms with Gasteiger partial charge in [-0.3, -0.25) is 0 Å². The van der Waals surface area contributed by atoms with Gasteiger partial charge in [0.1, 0.15) is 5.15 Å². The van der Waals surface area contributed by atoms with Crippen LogP contribution in [-0.4, -0.2) is 9.97 Å². The molecular formula is C10H9ClN2S. The van der Waals surface area contributed by atoms with E-state index >= 15 is 0 Å². The van der Waals surface area contributed by atoms with E-state index in [2.05, 4.69) is 15.3 Å². The third kappa shape index (κ3) is 2.53. The fourth-order valence-corrected chi connectivity index (χ4v) is 1.89. The van der Waals surface area contributed by atoms with Crippen LogP contribution in [0.5, 0.6) is 0 Å². The van der Waals surface area contributed by atoms with Crippen LogP contribution < -0.4 is 0 Å². The van der Waals surface area contributed by atoms with E-state index in [1.807, 2.05) is 23.8 Å². The second-order valence-corrected chi connectivity index (χ2v) is 4.07. The summed E-state index contributed by atoms with van der Waals surface area (Å²) in [5, 5.41) is 2.62. The van der Waals surface area contributed by atoms with Gasteiger partial charge in [-0.15, -0.1) is 11.3 Å². The van der Waals surface area contributed by atoms with E-state index in [9.17, 15) is 0 Å². The van der Waals surface area contributed by atoms with Crippen molar-refractivity contribution in [1.82, 2.24) is 9.97 Å². The average Bonchev–Trinajstić information content (AvgIpc) is 2.70. The first-order valence-electron chi connectivity index (χ1n) is 4.32. The van der Waals surface area contributed by atoms with Crippen LogP contribution in [0.25, 0.3) is 0 Å². The van der Waals surface area contributed by atoms with Gasteiger partial charge in [-0.05, 0) is 24.5 Å². The summed E-state index contributed by atoms with van der Waals surface area (Å²) in [6.45, 7) is 0. The highest BCUT2D eigenvalue weighted by Gasteiger charge is 1.97. The monoisotopic (exact) mass is 224 g/mol. The van der Waals surface area contributed by atoms with Crippen molar-refractivity contribution in [2.45, 2.75) is 12.8 Å². The van der Waals surface area contributed by atoms with E-state index in [-0.39, 0.29) is 0 Å². The lowest BCUT2D eigenvalue weighted by atomic mass is 10.1. The van der Waals surface area contributed by atoms with Gasteiger partial charge in [0.15, 0.2) is 0 Å². The number of rotatable bonds is 3. The van der Waals surface area contributed by atoms with Crippen molar-refractivity contribution in [1.29, 1.82) is 0 Å². The lowest BCUT2D eigenvalue weighted by Crippen LogP contribution is -1.91. The molecule has 2 rings (SSSR count). The molecule has 0 amide bonds. The van der Waals surface area contributed by atoms with Crippen LogP contribution in [0, 0.1) is 0 Å². The minimum absolute atomic E-state index is 0.544. The molecule has 0 aromatic carbocycles. The summed E-state index contributed by atoms with van der Waals surface area (Å²) in [7, 11) is 0. The molecular weight excluding hydrogens is 216 g/mol. The van der Waals surface area contributed by atoms with Gasteiger partial charge in [-0.1, -0.05) is 17.7 Å². The van der Waals surface area contributed by atoms with Crippen molar-refractivity contribution in [2.24, 2.45) is 0 Å². The molecule has 0 saturated heterocycles. The molecule has 0 saturated carbocycles. The molecule has 0 spiro atoms. The van der Waals surface area contributed by atoms with Crippen molar-refractivity contribution < 1.29 is 0 Å². The fourth-order valence-electron chi connectivity index (χ4n) is 1.19.